The molecule has 1 atom stereocenters. The van der Waals surface area contributed by atoms with Crippen molar-refractivity contribution in [1.82, 2.24) is 5.32 Å². The Bertz CT molecular complexity index is 466. The monoisotopic (exact) mass is 347 g/mol. The van der Waals surface area contributed by atoms with E-state index in [1.54, 1.807) is 19.2 Å². The first-order valence-electron chi connectivity index (χ1n) is 5.91. The molecule has 2 N–H and O–H groups in total. The van der Waals surface area contributed by atoms with Gasteiger partial charge in [-0.3, -0.25) is 10.1 Å². The van der Waals surface area contributed by atoms with E-state index < -0.39 is 12.0 Å². The average Bonchev–Trinajstić information content (AvgIpc) is 2.43. The summed E-state index contributed by atoms with van der Waals surface area (Å²) in [7, 11) is 4.59. The lowest BCUT2D eigenvalue weighted by atomic mass is 10.1. The second kappa shape index (κ2) is 8.08. The van der Waals surface area contributed by atoms with Gasteiger partial charge in [0, 0.05) is 18.1 Å². The quantitative estimate of drug-likeness (QED) is 0.698. The summed E-state index contributed by atoms with van der Waals surface area (Å²) in [5.74, 6) is 0.0312. The summed E-state index contributed by atoms with van der Waals surface area (Å²) < 4.78 is 15.9. The van der Waals surface area contributed by atoms with Crippen LogP contribution in [0.3, 0.4) is 0 Å². The molecule has 0 fully saturated rings. The molecule has 7 heteroatoms. The van der Waals surface area contributed by atoms with Crippen LogP contribution in [0.5, 0.6) is 11.5 Å². The minimum absolute atomic E-state index is 0.425. The van der Waals surface area contributed by atoms with Crippen LogP contribution in [0.2, 0.25) is 0 Å². The summed E-state index contributed by atoms with van der Waals surface area (Å²) in [4.78, 5) is 11.4. The zero-order chi connectivity index (χ0) is 15.1. The molecule has 1 aromatic carbocycles. The van der Waals surface area contributed by atoms with Crippen LogP contribution in [0.4, 0.5) is 0 Å². The molecule has 20 heavy (non-hydrogen) atoms. The summed E-state index contributed by atoms with van der Waals surface area (Å²) >= 11 is 3.36. The first kappa shape index (κ1) is 16.7. The molecule has 1 unspecified atom stereocenters. The Morgan fingerprint density at radius 2 is 1.90 bits per heavy atom. The minimum atomic E-state index is -0.978. The Hall–Kier alpha value is -1.31. The van der Waals surface area contributed by atoms with Gasteiger partial charge in [-0.1, -0.05) is 15.9 Å². The average molecular weight is 348 g/mol. The third-order valence-electron chi connectivity index (χ3n) is 2.72. The van der Waals surface area contributed by atoms with Crippen molar-refractivity contribution in [2.24, 2.45) is 0 Å². The Labute approximate surface area is 126 Å². The van der Waals surface area contributed by atoms with Crippen molar-refractivity contribution in [3.8, 4) is 11.5 Å². The largest absolute Gasteiger partial charge is 0.493 e. The fourth-order valence-electron chi connectivity index (χ4n) is 1.73. The molecule has 1 aromatic rings. The molecule has 0 spiro atoms. The number of carbonyl (C=O) groups is 1. The van der Waals surface area contributed by atoms with Crippen molar-refractivity contribution >= 4 is 21.9 Å². The van der Waals surface area contributed by atoms with Crippen LogP contribution < -0.4 is 14.8 Å². The minimum Gasteiger partial charge on any atom is -0.493 e. The summed E-state index contributed by atoms with van der Waals surface area (Å²) in [6, 6.07) is 2.46. The molecule has 0 amide bonds. The molecule has 0 radical (unpaired) electrons. The van der Waals surface area contributed by atoms with Gasteiger partial charge in [0.15, 0.2) is 11.5 Å². The van der Waals surface area contributed by atoms with Crippen molar-refractivity contribution in [3.63, 3.8) is 0 Å². The topological polar surface area (TPSA) is 77.0 Å². The molecule has 0 aromatic heterocycles. The Morgan fingerprint density at radius 1 is 1.30 bits per heavy atom. The normalized spacial score (nSPS) is 12.0. The van der Waals surface area contributed by atoms with Crippen LogP contribution in [0.15, 0.2) is 16.6 Å². The first-order valence-corrected chi connectivity index (χ1v) is 6.71. The molecule has 6 nitrogen and oxygen atoms in total. The maximum absolute atomic E-state index is 11.4. The van der Waals surface area contributed by atoms with Gasteiger partial charge in [-0.25, -0.2) is 0 Å². The fourth-order valence-corrected chi connectivity index (χ4v) is 2.28. The number of aliphatic carboxylic acids is 1. The molecule has 0 aliphatic carbocycles. The predicted octanol–water partition coefficient (Wildman–Crippen LogP) is 1.83. The Balaban J connectivity index is 3.09. The van der Waals surface area contributed by atoms with Gasteiger partial charge < -0.3 is 19.3 Å². The second-order valence-corrected chi connectivity index (χ2v) is 4.80. The molecule has 1 rings (SSSR count). The maximum atomic E-state index is 11.4. The van der Waals surface area contributed by atoms with Crippen molar-refractivity contribution < 1.29 is 24.1 Å². The number of carboxylic acid groups (broad SMARTS) is 1. The molecular formula is C13H18BrNO5. The van der Waals surface area contributed by atoms with Gasteiger partial charge in [0.2, 0.25) is 0 Å². The highest BCUT2D eigenvalue weighted by Crippen LogP contribution is 2.36. The second-order valence-electron chi connectivity index (χ2n) is 3.95. The highest BCUT2D eigenvalue weighted by Gasteiger charge is 2.23. The van der Waals surface area contributed by atoms with E-state index in [1.807, 2.05) is 0 Å². The first-order chi connectivity index (χ1) is 9.54. The van der Waals surface area contributed by atoms with E-state index in [0.717, 1.165) is 0 Å². The van der Waals surface area contributed by atoms with Crippen molar-refractivity contribution in [2.75, 3.05) is 34.5 Å². The molecule has 0 aliphatic rings. The summed E-state index contributed by atoms with van der Waals surface area (Å²) in [6.07, 6.45) is 0. The lowest BCUT2D eigenvalue weighted by Gasteiger charge is -2.18. The molecule has 112 valence electrons. The van der Waals surface area contributed by atoms with Crippen LogP contribution in [0, 0.1) is 0 Å². The summed E-state index contributed by atoms with van der Waals surface area (Å²) in [6.45, 7) is 0.850. The van der Waals surface area contributed by atoms with E-state index in [0.29, 0.717) is 34.7 Å². The highest BCUT2D eigenvalue weighted by molar-refractivity contribution is 9.10. The number of carboxylic acids is 1. The van der Waals surface area contributed by atoms with Crippen molar-refractivity contribution in [3.05, 3.63) is 22.2 Å². The number of methoxy groups -OCH3 is 3. The molecular weight excluding hydrogens is 330 g/mol. The molecule has 0 heterocycles. The van der Waals surface area contributed by atoms with E-state index in [2.05, 4.69) is 21.2 Å². The Kier molecular flexibility index (Phi) is 6.77. The SMILES string of the molecule is COCCNC(C(=O)O)c1cc(OC)c(OC)cc1Br. The van der Waals surface area contributed by atoms with Gasteiger partial charge in [0.25, 0.3) is 0 Å². The number of hydrogen-bond acceptors (Lipinski definition) is 5. The summed E-state index contributed by atoms with van der Waals surface area (Å²) in [5, 5.41) is 12.3. The number of halogens is 1. The van der Waals surface area contributed by atoms with Crippen LogP contribution in [0.1, 0.15) is 11.6 Å². The van der Waals surface area contributed by atoms with E-state index in [-0.39, 0.29) is 0 Å². The van der Waals surface area contributed by atoms with Crippen molar-refractivity contribution in [1.29, 1.82) is 0 Å². The predicted molar refractivity (Wildman–Crippen MR) is 77.5 cm³/mol. The van der Waals surface area contributed by atoms with E-state index in [4.69, 9.17) is 14.2 Å². The van der Waals surface area contributed by atoms with Crippen LogP contribution in [-0.2, 0) is 9.53 Å². The van der Waals surface area contributed by atoms with Gasteiger partial charge in [-0.2, -0.15) is 0 Å². The molecule has 0 saturated heterocycles. The molecule has 0 aliphatic heterocycles. The standard InChI is InChI=1S/C13H18BrNO5/c1-18-5-4-15-12(13(16)17)8-6-10(19-2)11(20-3)7-9(8)14/h6-7,12,15H,4-5H2,1-3H3,(H,16,17). The number of ether oxygens (including phenoxy) is 3. The van der Waals surface area contributed by atoms with Crippen LogP contribution in [-0.4, -0.2) is 45.6 Å². The van der Waals surface area contributed by atoms with Crippen LogP contribution in [0.25, 0.3) is 0 Å². The number of hydrogen-bond donors (Lipinski definition) is 2. The highest BCUT2D eigenvalue weighted by atomic mass is 79.9. The zero-order valence-corrected chi connectivity index (χ0v) is 13.2. The lowest BCUT2D eigenvalue weighted by molar-refractivity contribution is -0.139. The number of benzene rings is 1. The summed E-state index contributed by atoms with van der Waals surface area (Å²) in [5.41, 5.74) is 0.561. The number of nitrogens with one attached hydrogen (secondary N) is 1. The molecule has 0 bridgehead atoms. The van der Waals surface area contributed by atoms with Gasteiger partial charge in [-0.15, -0.1) is 0 Å². The van der Waals surface area contributed by atoms with Crippen LogP contribution >= 0.6 is 15.9 Å². The Morgan fingerprint density at radius 3 is 2.40 bits per heavy atom. The van der Waals surface area contributed by atoms with E-state index >= 15 is 0 Å². The maximum Gasteiger partial charge on any atom is 0.325 e. The smallest absolute Gasteiger partial charge is 0.325 e. The fraction of sp³-hybridized carbons (Fsp3) is 0.462. The lowest BCUT2D eigenvalue weighted by Crippen LogP contribution is -2.31. The zero-order valence-electron chi connectivity index (χ0n) is 11.6. The van der Waals surface area contributed by atoms with E-state index in [1.165, 1.54) is 14.2 Å². The number of rotatable bonds is 8. The molecule has 0 saturated carbocycles. The van der Waals surface area contributed by atoms with Gasteiger partial charge in [0.1, 0.15) is 6.04 Å². The van der Waals surface area contributed by atoms with E-state index in [9.17, 15) is 9.90 Å². The van der Waals surface area contributed by atoms with Gasteiger partial charge in [0.05, 0.1) is 20.8 Å². The van der Waals surface area contributed by atoms with Gasteiger partial charge >= 0.3 is 5.97 Å². The van der Waals surface area contributed by atoms with Gasteiger partial charge in [-0.05, 0) is 17.7 Å². The third kappa shape index (κ3) is 4.09. The van der Waals surface area contributed by atoms with Crippen molar-refractivity contribution in [2.45, 2.75) is 6.04 Å². The third-order valence-corrected chi connectivity index (χ3v) is 3.40.